The Morgan fingerprint density at radius 2 is 1.89 bits per heavy atom. The molecule has 0 saturated heterocycles. The Hall–Kier alpha value is -1.01. The zero-order chi connectivity index (χ0) is 14.2. The average molecular weight is 341 g/mol. The van der Waals surface area contributed by atoms with Crippen molar-refractivity contribution in [2.24, 2.45) is 0 Å². The van der Waals surface area contributed by atoms with Crippen molar-refractivity contribution in [3.63, 3.8) is 0 Å². The highest BCUT2D eigenvalue weighted by atomic mass is 79.9. The molecule has 19 heavy (non-hydrogen) atoms. The third-order valence-corrected chi connectivity index (χ3v) is 4.85. The Bertz CT molecular complexity index is 601. The van der Waals surface area contributed by atoms with Crippen molar-refractivity contribution in [3.05, 3.63) is 20.6 Å². The molecule has 0 aliphatic heterocycles. The molecule has 0 bridgehead atoms. The van der Waals surface area contributed by atoms with E-state index >= 15 is 0 Å². The molecule has 0 aromatic carbocycles. The number of nitrogens with zero attached hydrogens (tertiary/aromatic N) is 3. The molecule has 0 radical (unpaired) electrons. The average Bonchev–Trinajstić information content (AvgIpc) is 2.81. The normalized spacial score (nSPS) is 11.7. The Morgan fingerprint density at radius 1 is 1.21 bits per heavy atom. The number of rotatable bonds is 2. The van der Waals surface area contributed by atoms with E-state index in [4.69, 9.17) is 0 Å². The summed E-state index contributed by atoms with van der Waals surface area (Å²) in [5.41, 5.74) is 1.79. The van der Waals surface area contributed by atoms with Crippen molar-refractivity contribution in [2.75, 3.05) is 12.4 Å². The molecule has 6 heteroatoms. The maximum atomic E-state index is 4.65. The highest BCUT2D eigenvalue weighted by Gasteiger charge is 2.20. The van der Waals surface area contributed by atoms with E-state index < -0.39 is 0 Å². The highest BCUT2D eigenvalue weighted by Crippen LogP contribution is 2.30. The van der Waals surface area contributed by atoms with Crippen LogP contribution in [0.25, 0.3) is 11.5 Å². The fourth-order valence-electron chi connectivity index (χ4n) is 1.56. The van der Waals surface area contributed by atoms with Gasteiger partial charge in [-0.25, -0.2) is 15.0 Å². The molecular formula is C13H17BrN4S. The van der Waals surface area contributed by atoms with E-state index in [1.165, 1.54) is 0 Å². The SMILES string of the molecule is CNc1nc(-c2csc(C(C)(C)C)n2)nc(C)c1Br. The summed E-state index contributed by atoms with van der Waals surface area (Å²) in [5, 5.41) is 6.17. The largest absolute Gasteiger partial charge is 0.372 e. The van der Waals surface area contributed by atoms with Crippen molar-refractivity contribution in [1.82, 2.24) is 15.0 Å². The van der Waals surface area contributed by atoms with E-state index in [2.05, 4.69) is 57.0 Å². The standard InChI is InChI=1S/C13H17BrN4S/c1-7-9(14)11(15-5)18-10(16-7)8-6-19-12(17-8)13(2,3)4/h6H,1-5H3,(H,15,16,18). The molecule has 102 valence electrons. The quantitative estimate of drug-likeness (QED) is 0.897. The van der Waals surface area contributed by atoms with Gasteiger partial charge in [0, 0.05) is 17.8 Å². The summed E-state index contributed by atoms with van der Waals surface area (Å²) in [7, 11) is 1.85. The lowest BCUT2D eigenvalue weighted by Crippen LogP contribution is -2.10. The second-order valence-corrected chi connectivity index (χ2v) is 6.98. The van der Waals surface area contributed by atoms with Crippen molar-refractivity contribution in [1.29, 1.82) is 0 Å². The predicted octanol–water partition coefficient (Wildman–Crippen LogP) is 4.01. The molecule has 2 aromatic rings. The Kier molecular flexibility index (Phi) is 3.92. The van der Waals surface area contributed by atoms with Crippen LogP contribution in [0.4, 0.5) is 5.82 Å². The van der Waals surface area contributed by atoms with Crippen LogP contribution in [0.5, 0.6) is 0 Å². The molecule has 0 saturated carbocycles. The summed E-state index contributed by atoms with van der Waals surface area (Å²) in [4.78, 5) is 13.6. The summed E-state index contributed by atoms with van der Waals surface area (Å²) >= 11 is 5.13. The van der Waals surface area contributed by atoms with Gasteiger partial charge in [-0.3, -0.25) is 0 Å². The molecule has 2 rings (SSSR count). The van der Waals surface area contributed by atoms with Gasteiger partial charge in [0.1, 0.15) is 11.5 Å². The fourth-order valence-corrected chi connectivity index (χ4v) is 2.82. The number of aryl methyl sites for hydroxylation is 1. The molecule has 1 N–H and O–H groups in total. The predicted molar refractivity (Wildman–Crippen MR) is 83.8 cm³/mol. The van der Waals surface area contributed by atoms with Gasteiger partial charge in [-0.2, -0.15) is 0 Å². The maximum Gasteiger partial charge on any atom is 0.181 e. The second-order valence-electron chi connectivity index (χ2n) is 5.33. The number of aromatic nitrogens is 3. The molecule has 0 fully saturated rings. The van der Waals surface area contributed by atoms with Crippen LogP contribution in [0.15, 0.2) is 9.85 Å². The lowest BCUT2D eigenvalue weighted by molar-refractivity contribution is 0.586. The Balaban J connectivity index is 2.48. The van der Waals surface area contributed by atoms with Crippen molar-refractivity contribution in [2.45, 2.75) is 33.1 Å². The van der Waals surface area contributed by atoms with Crippen molar-refractivity contribution < 1.29 is 0 Å². The lowest BCUT2D eigenvalue weighted by atomic mass is 9.98. The van der Waals surface area contributed by atoms with Gasteiger partial charge in [0.15, 0.2) is 5.82 Å². The van der Waals surface area contributed by atoms with E-state index in [0.717, 1.165) is 26.7 Å². The minimum absolute atomic E-state index is 0.0547. The third kappa shape index (κ3) is 2.95. The first-order valence-electron chi connectivity index (χ1n) is 6.01. The first-order chi connectivity index (χ1) is 8.82. The van der Waals surface area contributed by atoms with Crippen LogP contribution in [-0.2, 0) is 5.41 Å². The topological polar surface area (TPSA) is 50.7 Å². The van der Waals surface area contributed by atoms with Crippen LogP contribution in [-0.4, -0.2) is 22.0 Å². The van der Waals surface area contributed by atoms with Gasteiger partial charge in [-0.15, -0.1) is 11.3 Å². The number of halogens is 1. The van der Waals surface area contributed by atoms with Crippen LogP contribution in [0, 0.1) is 6.92 Å². The number of hydrogen-bond acceptors (Lipinski definition) is 5. The molecule has 4 nitrogen and oxygen atoms in total. The lowest BCUT2D eigenvalue weighted by Gasteiger charge is -2.13. The van der Waals surface area contributed by atoms with Crippen LogP contribution in [0.2, 0.25) is 0 Å². The zero-order valence-corrected chi connectivity index (χ0v) is 14.1. The van der Waals surface area contributed by atoms with Gasteiger partial charge in [0.2, 0.25) is 0 Å². The molecule has 0 aliphatic carbocycles. The molecule has 0 amide bonds. The van der Waals surface area contributed by atoms with Gasteiger partial charge in [-0.1, -0.05) is 20.8 Å². The summed E-state index contributed by atoms with van der Waals surface area (Å²) < 4.78 is 0.894. The molecule has 0 unspecified atom stereocenters. The van der Waals surface area contributed by atoms with Crippen LogP contribution < -0.4 is 5.32 Å². The third-order valence-electron chi connectivity index (χ3n) is 2.63. The summed E-state index contributed by atoms with van der Waals surface area (Å²) in [6, 6.07) is 0. The smallest absolute Gasteiger partial charge is 0.181 e. The Morgan fingerprint density at radius 3 is 2.42 bits per heavy atom. The number of hydrogen-bond donors (Lipinski definition) is 1. The van der Waals surface area contributed by atoms with Gasteiger partial charge >= 0.3 is 0 Å². The molecule has 0 atom stereocenters. The first-order valence-corrected chi connectivity index (χ1v) is 7.68. The van der Waals surface area contributed by atoms with Gasteiger partial charge in [0.25, 0.3) is 0 Å². The number of nitrogens with one attached hydrogen (secondary N) is 1. The minimum Gasteiger partial charge on any atom is -0.372 e. The summed E-state index contributed by atoms with van der Waals surface area (Å²) in [6.07, 6.45) is 0. The first kappa shape index (κ1) is 14.4. The van der Waals surface area contributed by atoms with Crippen LogP contribution in [0.1, 0.15) is 31.5 Å². The number of thiazole rings is 1. The van der Waals surface area contributed by atoms with Gasteiger partial charge < -0.3 is 5.32 Å². The summed E-state index contributed by atoms with van der Waals surface area (Å²) in [5.74, 6) is 1.45. The molecule has 2 heterocycles. The Labute approximate surface area is 125 Å². The second kappa shape index (κ2) is 5.17. The number of anilines is 1. The maximum absolute atomic E-state index is 4.65. The van der Waals surface area contributed by atoms with Crippen LogP contribution >= 0.6 is 27.3 Å². The molecule has 0 spiro atoms. The summed E-state index contributed by atoms with van der Waals surface area (Å²) in [6.45, 7) is 8.42. The van der Waals surface area contributed by atoms with E-state index in [1.807, 2.05) is 19.4 Å². The minimum atomic E-state index is 0.0547. The fraction of sp³-hybridized carbons (Fsp3) is 0.462. The van der Waals surface area contributed by atoms with Crippen molar-refractivity contribution in [3.8, 4) is 11.5 Å². The molecular weight excluding hydrogens is 324 g/mol. The molecule has 2 aromatic heterocycles. The van der Waals surface area contributed by atoms with Gasteiger partial charge in [0.05, 0.1) is 15.2 Å². The highest BCUT2D eigenvalue weighted by molar-refractivity contribution is 9.10. The monoisotopic (exact) mass is 340 g/mol. The van der Waals surface area contributed by atoms with Crippen molar-refractivity contribution >= 4 is 33.1 Å². The van der Waals surface area contributed by atoms with E-state index in [1.54, 1.807) is 11.3 Å². The van der Waals surface area contributed by atoms with Crippen LogP contribution in [0.3, 0.4) is 0 Å². The van der Waals surface area contributed by atoms with E-state index in [-0.39, 0.29) is 5.41 Å². The van der Waals surface area contributed by atoms with E-state index in [0.29, 0.717) is 5.82 Å². The zero-order valence-electron chi connectivity index (χ0n) is 11.7. The van der Waals surface area contributed by atoms with Gasteiger partial charge in [-0.05, 0) is 22.9 Å². The molecule has 0 aliphatic rings. The van der Waals surface area contributed by atoms with E-state index in [9.17, 15) is 0 Å².